The lowest BCUT2D eigenvalue weighted by Crippen LogP contribution is -2.51. The highest BCUT2D eigenvalue weighted by atomic mass is 16.5. The molecule has 5 nitrogen and oxygen atoms in total. The molecule has 0 saturated heterocycles. The minimum absolute atomic E-state index is 0.00540. The van der Waals surface area contributed by atoms with E-state index in [2.05, 4.69) is 29.6 Å². The van der Waals surface area contributed by atoms with Gasteiger partial charge in [0.2, 0.25) is 0 Å². The van der Waals surface area contributed by atoms with Crippen molar-refractivity contribution in [2.45, 2.75) is 30.7 Å². The van der Waals surface area contributed by atoms with Gasteiger partial charge in [0, 0.05) is 5.92 Å². The summed E-state index contributed by atoms with van der Waals surface area (Å²) in [5.41, 5.74) is 5.19. The highest BCUT2D eigenvalue weighted by Gasteiger charge is 2.41. The van der Waals surface area contributed by atoms with Gasteiger partial charge in [-0.3, -0.25) is 0 Å². The van der Waals surface area contributed by atoms with E-state index in [9.17, 15) is 14.7 Å². The van der Waals surface area contributed by atoms with Crippen molar-refractivity contribution in [3.8, 4) is 11.1 Å². The maximum atomic E-state index is 12.8. The van der Waals surface area contributed by atoms with Crippen LogP contribution in [-0.2, 0) is 10.3 Å². The lowest BCUT2D eigenvalue weighted by Gasteiger charge is -2.42. The Morgan fingerprint density at radius 1 is 0.935 bits per heavy atom. The van der Waals surface area contributed by atoms with E-state index in [0.717, 1.165) is 24.8 Å². The molecule has 2 N–H and O–H groups in total. The van der Waals surface area contributed by atoms with Gasteiger partial charge in [-0.05, 0) is 59.2 Å². The number of hydrogen-bond donors (Lipinski definition) is 2. The molecular weight excluding hydrogens is 390 g/mol. The average molecular weight is 413 g/mol. The highest BCUT2D eigenvalue weighted by Crippen LogP contribution is 2.45. The van der Waals surface area contributed by atoms with Crippen molar-refractivity contribution in [3.63, 3.8) is 0 Å². The second-order valence-corrected chi connectivity index (χ2v) is 8.27. The van der Waals surface area contributed by atoms with Crippen LogP contribution in [0.3, 0.4) is 0 Å². The van der Waals surface area contributed by atoms with Crippen molar-refractivity contribution < 1.29 is 19.4 Å². The molecule has 31 heavy (non-hydrogen) atoms. The zero-order chi connectivity index (χ0) is 21.4. The quantitative estimate of drug-likeness (QED) is 0.595. The fourth-order valence-corrected chi connectivity index (χ4v) is 4.80. The number of carboxylic acid groups (broad SMARTS) is 1. The standard InChI is InChI=1S/C26H23NO4/c28-24(29)17-7-5-8-18(15-17)26(13-6-14-26)27-25(30)31-16-23-21-11-3-1-9-19(21)20-10-2-4-12-22(20)23/h1-5,7-12,15,23H,6,13-14,16H2,(H,27,30)(H,28,29). The molecule has 1 amide bonds. The van der Waals surface area contributed by atoms with E-state index in [4.69, 9.17) is 4.74 Å². The van der Waals surface area contributed by atoms with Gasteiger partial charge in [-0.1, -0.05) is 60.7 Å². The van der Waals surface area contributed by atoms with Gasteiger partial charge in [0.25, 0.3) is 0 Å². The van der Waals surface area contributed by atoms with Gasteiger partial charge in [-0.25, -0.2) is 9.59 Å². The number of amides is 1. The Kier molecular flexibility index (Phi) is 4.74. The van der Waals surface area contributed by atoms with E-state index in [1.165, 1.54) is 22.3 Å². The second kappa shape index (κ2) is 7.58. The zero-order valence-electron chi connectivity index (χ0n) is 17.0. The molecule has 0 unspecified atom stereocenters. The summed E-state index contributed by atoms with van der Waals surface area (Å²) in [5, 5.41) is 12.3. The summed E-state index contributed by atoms with van der Waals surface area (Å²) in [7, 11) is 0. The molecule has 0 bridgehead atoms. The lowest BCUT2D eigenvalue weighted by molar-refractivity contribution is 0.0696. The smallest absolute Gasteiger partial charge is 0.407 e. The first kappa shape index (κ1) is 19.4. The Labute approximate surface area is 180 Å². The van der Waals surface area contributed by atoms with Gasteiger partial charge in [-0.2, -0.15) is 0 Å². The molecule has 5 rings (SSSR count). The van der Waals surface area contributed by atoms with Gasteiger partial charge in [0.15, 0.2) is 0 Å². The number of benzene rings is 3. The number of carbonyl (C=O) groups is 2. The van der Waals surface area contributed by atoms with Crippen LogP contribution in [0, 0.1) is 0 Å². The predicted octanol–water partition coefficient (Wildman–Crippen LogP) is 5.30. The molecule has 0 heterocycles. The van der Waals surface area contributed by atoms with Gasteiger partial charge in [-0.15, -0.1) is 0 Å². The van der Waals surface area contributed by atoms with Gasteiger partial charge in [0.05, 0.1) is 11.1 Å². The van der Waals surface area contributed by atoms with Crippen LogP contribution in [0.5, 0.6) is 0 Å². The summed E-state index contributed by atoms with van der Waals surface area (Å²) >= 11 is 0. The largest absolute Gasteiger partial charge is 0.478 e. The molecule has 0 atom stereocenters. The number of rotatable bonds is 5. The van der Waals surface area contributed by atoms with E-state index in [1.54, 1.807) is 18.2 Å². The predicted molar refractivity (Wildman–Crippen MR) is 117 cm³/mol. The van der Waals surface area contributed by atoms with Crippen LogP contribution >= 0.6 is 0 Å². The average Bonchev–Trinajstić information content (AvgIpc) is 3.09. The lowest BCUT2D eigenvalue weighted by atomic mass is 9.71. The topological polar surface area (TPSA) is 75.6 Å². The van der Waals surface area contributed by atoms with E-state index in [0.29, 0.717) is 0 Å². The summed E-state index contributed by atoms with van der Waals surface area (Å²) in [4.78, 5) is 24.1. The highest BCUT2D eigenvalue weighted by molar-refractivity contribution is 5.88. The summed E-state index contributed by atoms with van der Waals surface area (Å²) < 4.78 is 5.70. The summed E-state index contributed by atoms with van der Waals surface area (Å²) in [6.07, 6.45) is 2.03. The Morgan fingerprint density at radius 3 is 2.16 bits per heavy atom. The van der Waals surface area contributed by atoms with E-state index in [-0.39, 0.29) is 18.1 Å². The fourth-order valence-electron chi connectivity index (χ4n) is 4.80. The minimum Gasteiger partial charge on any atom is -0.478 e. The van der Waals surface area contributed by atoms with Crippen LogP contribution in [0.2, 0.25) is 0 Å². The Hall–Kier alpha value is -3.60. The molecule has 156 valence electrons. The first-order chi connectivity index (χ1) is 15.1. The van der Waals surface area contributed by atoms with Crippen molar-refractivity contribution in [2.75, 3.05) is 6.61 Å². The number of alkyl carbamates (subject to hydrolysis) is 1. The molecule has 1 saturated carbocycles. The number of hydrogen-bond acceptors (Lipinski definition) is 3. The second-order valence-electron chi connectivity index (χ2n) is 8.27. The third kappa shape index (κ3) is 3.36. The molecule has 1 fully saturated rings. The van der Waals surface area contributed by atoms with Crippen molar-refractivity contribution in [2.24, 2.45) is 0 Å². The maximum absolute atomic E-state index is 12.8. The van der Waals surface area contributed by atoms with Crippen LogP contribution in [0.25, 0.3) is 11.1 Å². The van der Waals surface area contributed by atoms with Crippen LogP contribution in [0.15, 0.2) is 72.8 Å². The zero-order valence-corrected chi connectivity index (χ0v) is 17.0. The third-order valence-corrected chi connectivity index (χ3v) is 6.55. The monoisotopic (exact) mass is 413 g/mol. The number of nitrogens with one attached hydrogen (secondary N) is 1. The number of aromatic carboxylic acids is 1. The molecular formula is C26H23NO4. The molecule has 0 aromatic heterocycles. The van der Waals surface area contributed by atoms with Crippen LogP contribution < -0.4 is 5.32 Å². The Balaban J connectivity index is 1.32. The van der Waals surface area contributed by atoms with Crippen molar-refractivity contribution >= 4 is 12.1 Å². The van der Waals surface area contributed by atoms with Gasteiger partial charge < -0.3 is 15.2 Å². The van der Waals surface area contributed by atoms with Crippen LogP contribution in [0.1, 0.15) is 52.2 Å². The van der Waals surface area contributed by atoms with E-state index in [1.807, 2.05) is 30.3 Å². The number of fused-ring (bicyclic) bond motifs is 3. The Morgan fingerprint density at radius 2 is 1.58 bits per heavy atom. The first-order valence-corrected chi connectivity index (χ1v) is 10.5. The summed E-state index contributed by atoms with van der Waals surface area (Å²) in [6.45, 7) is 0.255. The normalized spacial score (nSPS) is 16.0. The molecule has 2 aliphatic rings. The molecule has 0 radical (unpaired) electrons. The van der Waals surface area contributed by atoms with E-state index >= 15 is 0 Å². The summed E-state index contributed by atoms with van der Waals surface area (Å²) in [5.74, 6) is -0.969. The van der Waals surface area contributed by atoms with Crippen LogP contribution in [0.4, 0.5) is 4.79 Å². The number of carbonyl (C=O) groups excluding carboxylic acids is 1. The SMILES string of the molecule is O=C(NC1(c2cccc(C(=O)O)c2)CCC1)OCC1c2ccccc2-c2ccccc21. The first-order valence-electron chi connectivity index (χ1n) is 10.5. The molecule has 0 aliphatic heterocycles. The van der Waals surface area contributed by atoms with Gasteiger partial charge >= 0.3 is 12.1 Å². The van der Waals surface area contributed by atoms with Crippen molar-refractivity contribution in [1.29, 1.82) is 0 Å². The minimum atomic E-state index is -0.975. The fraction of sp³-hybridized carbons (Fsp3) is 0.231. The number of ether oxygens (including phenoxy) is 1. The third-order valence-electron chi connectivity index (χ3n) is 6.55. The molecule has 3 aromatic rings. The van der Waals surface area contributed by atoms with Crippen LogP contribution in [-0.4, -0.2) is 23.8 Å². The van der Waals surface area contributed by atoms with Crippen molar-refractivity contribution in [3.05, 3.63) is 95.1 Å². The molecule has 5 heteroatoms. The molecule has 2 aliphatic carbocycles. The molecule has 0 spiro atoms. The Bertz CT molecular complexity index is 1120. The van der Waals surface area contributed by atoms with Gasteiger partial charge in [0.1, 0.15) is 6.61 Å². The number of carboxylic acids is 1. The maximum Gasteiger partial charge on any atom is 0.407 e. The van der Waals surface area contributed by atoms with Crippen molar-refractivity contribution in [1.82, 2.24) is 5.32 Å². The molecule has 3 aromatic carbocycles. The summed E-state index contributed by atoms with van der Waals surface area (Å²) in [6, 6.07) is 23.3. The van der Waals surface area contributed by atoms with E-state index < -0.39 is 17.6 Å².